The minimum Gasteiger partial charge on any atom is -0.406 e. The van der Waals surface area contributed by atoms with Crippen LogP contribution >= 0.6 is 0 Å². The van der Waals surface area contributed by atoms with Crippen LogP contribution < -0.4 is 21.1 Å². The van der Waals surface area contributed by atoms with Crippen molar-refractivity contribution in [1.82, 2.24) is 5.32 Å². The zero-order valence-corrected chi connectivity index (χ0v) is 19.7. The molecule has 36 heavy (non-hydrogen) atoms. The van der Waals surface area contributed by atoms with Gasteiger partial charge < -0.3 is 26.5 Å². The topological polar surface area (TPSA) is 117 Å². The molecular weight excluding hydrogens is 480 g/mol. The maximum Gasteiger partial charge on any atom is 0.573 e. The first-order valence-corrected chi connectivity index (χ1v) is 11.0. The maximum absolute atomic E-state index is 14.0. The quantitative estimate of drug-likeness (QED) is 0.187. The van der Waals surface area contributed by atoms with Crippen molar-refractivity contribution in [2.24, 2.45) is 11.7 Å². The lowest BCUT2D eigenvalue weighted by Gasteiger charge is -2.30. The van der Waals surface area contributed by atoms with E-state index in [0.717, 1.165) is 18.3 Å². The molecule has 0 aliphatic carbocycles. The molecule has 1 amide bonds. The average Bonchev–Trinajstić information content (AvgIpc) is 2.79. The minimum atomic E-state index is -5.05. The third-order valence-electron chi connectivity index (χ3n) is 5.16. The number of ether oxygens (including phenoxy) is 1. The fourth-order valence-electron chi connectivity index (χ4n) is 3.61. The summed E-state index contributed by atoms with van der Waals surface area (Å²) >= 11 is 0. The smallest absolute Gasteiger partial charge is 0.406 e. The molecule has 7 nitrogen and oxygen atoms in total. The molecule has 5 N–H and O–H groups in total. The van der Waals surface area contributed by atoms with Crippen molar-refractivity contribution < 1.29 is 31.9 Å². The summed E-state index contributed by atoms with van der Waals surface area (Å²) in [5, 5.41) is 13.3. The van der Waals surface area contributed by atoms with Crippen LogP contribution in [0.2, 0.25) is 0 Å². The van der Waals surface area contributed by atoms with Crippen LogP contribution in [-0.2, 0) is 4.79 Å². The van der Waals surface area contributed by atoms with Crippen LogP contribution in [-0.4, -0.2) is 37.4 Å². The zero-order valence-electron chi connectivity index (χ0n) is 19.7. The number of carbonyl (C=O) groups excluding carboxylic acids is 2. The first-order chi connectivity index (χ1) is 17.0. The number of nitrogens with one attached hydrogen (secondary N) is 3. The van der Waals surface area contributed by atoms with Gasteiger partial charge in [-0.3, -0.25) is 9.59 Å². The Morgan fingerprint density at radius 2 is 1.89 bits per heavy atom. The summed E-state index contributed by atoms with van der Waals surface area (Å²) in [7, 11) is 0. The molecule has 0 unspecified atom stereocenters. The molecule has 11 heteroatoms. The van der Waals surface area contributed by atoms with E-state index in [4.69, 9.17) is 11.1 Å². The van der Waals surface area contributed by atoms with E-state index in [1.165, 1.54) is 12.3 Å². The zero-order chi connectivity index (χ0) is 26.9. The molecule has 0 saturated heterocycles. The third-order valence-corrected chi connectivity index (χ3v) is 5.16. The van der Waals surface area contributed by atoms with E-state index >= 15 is 0 Å². The molecule has 0 heterocycles. The first kappa shape index (κ1) is 28.5. The second kappa shape index (κ2) is 12.8. The largest absolute Gasteiger partial charge is 0.573 e. The molecule has 194 valence electrons. The number of rotatable bonds is 12. The minimum absolute atomic E-state index is 0.129. The van der Waals surface area contributed by atoms with E-state index in [1.807, 2.05) is 13.8 Å². The summed E-state index contributed by atoms with van der Waals surface area (Å²) in [6.45, 7) is 4.37. The Kier molecular flexibility index (Phi) is 10.2. The van der Waals surface area contributed by atoms with Crippen molar-refractivity contribution in [3.63, 3.8) is 0 Å². The number of hydrogen-bond donors (Lipinski definition) is 4. The number of amides is 1. The Balaban J connectivity index is 2.54. The van der Waals surface area contributed by atoms with Gasteiger partial charge in [0.1, 0.15) is 17.9 Å². The average molecular weight is 509 g/mol. The third kappa shape index (κ3) is 8.49. The van der Waals surface area contributed by atoms with Crippen LogP contribution in [0, 0.1) is 17.1 Å². The lowest BCUT2D eigenvalue weighted by molar-refractivity contribution is -0.274. The fraction of sp³-hybridized carbons (Fsp3) is 0.320. The molecule has 0 spiro atoms. The lowest BCUT2D eigenvalue weighted by Crippen LogP contribution is -2.43. The van der Waals surface area contributed by atoms with Crippen LogP contribution in [0.25, 0.3) is 0 Å². The molecule has 0 aliphatic heterocycles. The Morgan fingerprint density at radius 1 is 1.19 bits per heavy atom. The maximum atomic E-state index is 14.0. The van der Waals surface area contributed by atoms with Crippen molar-refractivity contribution in [2.45, 2.75) is 38.6 Å². The highest BCUT2D eigenvalue weighted by atomic mass is 19.4. The predicted molar refractivity (Wildman–Crippen MR) is 129 cm³/mol. The van der Waals surface area contributed by atoms with Gasteiger partial charge in [0, 0.05) is 35.6 Å². The molecule has 0 fully saturated rings. The summed E-state index contributed by atoms with van der Waals surface area (Å²) in [6, 6.07) is 7.92. The Bertz CT molecular complexity index is 1100. The molecule has 0 radical (unpaired) electrons. The number of benzene rings is 2. The van der Waals surface area contributed by atoms with E-state index in [2.05, 4.69) is 15.4 Å². The predicted octanol–water partition coefficient (Wildman–Crippen LogP) is 4.76. The summed E-state index contributed by atoms with van der Waals surface area (Å²) < 4.78 is 55.7. The molecule has 2 aromatic rings. The molecular formula is C25H28F4N4O3. The van der Waals surface area contributed by atoms with Gasteiger partial charge in [0.25, 0.3) is 0 Å². The molecule has 0 aromatic heterocycles. The van der Waals surface area contributed by atoms with Gasteiger partial charge in [-0.1, -0.05) is 38.1 Å². The van der Waals surface area contributed by atoms with Crippen molar-refractivity contribution in [3.05, 3.63) is 71.2 Å². The number of alkyl halides is 3. The van der Waals surface area contributed by atoms with Gasteiger partial charge in [-0.05, 0) is 42.3 Å². The first-order valence-electron chi connectivity index (χ1n) is 11.0. The van der Waals surface area contributed by atoms with E-state index < -0.39 is 35.8 Å². The molecule has 0 saturated carbocycles. The van der Waals surface area contributed by atoms with Crippen molar-refractivity contribution >= 4 is 24.1 Å². The highest BCUT2D eigenvalue weighted by Gasteiger charge is 2.33. The van der Waals surface area contributed by atoms with Crippen LogP contribution in [0.1, 0.15) is 42.1 Å². The van der Waals surface area contributed by atoms with Crippen LogP contribution in [0.5, 0.6) is 5.75 Å². The van der Waals surface area contributed by atoms with Gasteiger partial charge in [-0.15, -0.1) is 13.2 Å². The SMILES string of the molecule is CC(C)CN[C@@H](C/C(C=N)=C/N)[C@H](C(=O)Nc1cc(F)cc(OC(F)(F)F)c1)c1ccccc1C=O. The van der Waals surface area contributed by atoms with Crippen molar-refractivity contribution in [2.75, 3.05) is 11.9 Å². The van der Waals surface area contributed by atoms with Gasteiger partial charge in [0.15, 0.2) is 0 Å². The molecule has 2 aromatic carbocycles. The highest BCUT2D eigenvalue weighted by Crippen LogP contribution is 2.30. The van der Waals surface area contributed by atoms with E-state index in [0.29, 0.717) is 30.0 Å². The van der Waals surface area contributed by atoms with Gasteiger partial charge in [0.05, 0.1) is 5.92 Å². The summed E-state index contributed by atoms with van der Waals surface area (Å²) in [6.07, 6.45) is -2.07. The fourth-order valence-corrected chi connectivity index (χ4v) is 3.61. The summed E-state index contributed by atoms with van der Waals surface area (Å²) in [4.78, 5) is 25.3. The highest BCUT2D eigenvalue weighted by molar-refractivity contribution is 5.98. The normalized spacial score (nSPS) is 13.7. The number of nitrogens with two attached hydrogens (primary N) is 1. The van der Waals surface area contributed by atoms with Crippen molar-refractivity contribution in [3.8, 4) is 5.75 Å². The summed E-state index contributed by atoms with van der Waals surface area (Å²) in [5.74, 6) is -3.49. The second-order valence-electron chi connectivity index (χ2n) is 8.44. The molecule has 2 atom stereocenters. The van der Waals surface area contributed by atoms with Gasteiger partial charge in [0.2, 0.25) is 5.91 Å². The van der Waals surface area contributed by atoms with Crippen LogP contribution in [0.3, 0.4) is 0 Å². The van der Waals surface area contributed by atoms with E-state index in [-0.39, 0.29) is 23.6 Å². The lowest BCUT2D eigenvalue weighted by atomic mass is 9.84. The standard InChI is InChI=1S/C25H28F4N4O3/c1-15(2)13-32-22(7-16(11-30)12-31)23(21-6-4-3-5-17(21)14-34)24(35)33-19-8-18(26)9-20(10-19)36-25(27,28)29/h3-6,8-12,14-15,22-23,30,32H,7,13,31H2,1-2H3,(H,33,35)/b16-12-,30-11?/t22-,23+/m0/s1. The number of halogens is 4. The Hall–Kier alpha value is -3.73. The Labute approximate surface area is 206 Å². The number of hydrogen-bond acceptors (Lipinski definition) is 6. The van der Waals surface area contributed by atoms with E-state index in [1.54, 1.807) is 18.2 Å². The van der Waals surface area contributed by atoms with Gasteiger partial charge >= 0.3 is 6.36 Å². The van der Waals surface area contributed by atoms with Gasteiger partial charge in [-0.25, -0.2) is 4.39 Å². The Morgan fingerprint density at radius 3 is 2.47 bits per heavy atom. The van der Waals surface area contributed by atoms with Crippen LogP contribution in [0.4, 0.5) is 23.2 Å². The van der Waals surface area contributed by atoms with Crippen molar-refractivity contribution in [1.29, 1.82) is 5.41 Å². The number of anilines is 1. The van der Waals surface area contributed by atoms with E-state index in [9.17, 15) is 27.2 Å². The summed E-state index contributed by atoms with van der Waals surface area (Å²) in [5.41, 5.74) is 6.33. The molecule has 0 aliphatic rings. The monoisotopic (exact) mass is 508 g/mol. The van der Waals surface area contributed by atoms with Crippen LogP contribution in [0.15, 0.2) is 54.2 Å². The molecule has 0 bridgehead atoms. The number of carbonyl (C=O) groups is 2. The second-order valence-corrected chi connectivity index (χ2v) is 8.44. The number of aldehydes is 1. The van der Waals surface area contributed by atoms with Gasteiger partial charge in [-0.2, -0.15) is 0 Å². The molecule has 2 rings (SSSR count).